The molecule has 3 aliphatic rings. The molecule has 0 aromatic heterocycles. The first-order valence-electron chi connectivity index (χ1n) is 5.18. The van der Waals surface area contributed by atoms with Gasteiger partial charge in [0.05, 0.1) is 5.57 Å². The highest BCUT2D eigenvalue weighted by molar-refractivity contribution is 6.04. The quantitative estimate of drug-likeness (QED) is 0.415. The van der Waals surface area contributed by atoms with Crippen LogP contribution in [-0.2, 0) is 4.79 Å². The minimum Gasteiger partial charge on any atom is -0.293 e. The number of ketones is 1. The Bertz CT molecular complexity index is 416. The summed E-state index contributed by atoms with van der Waals surface area (Å²) in [4.78, 5) is 12.0. The van der Waals surface area contributed by atoms with E-state index in [9.17, 15) is 4.79 Å². The van der Waals surface area contributed by atoms with Crippen molar-refractivity contribution in [1.82, 2.24) is 0 Å². The average Bonchev–Trinajstić information content (AvgIpc) is 2.81. The van der Waals surface area contributed by atoms with Crippen LogP contribution in [0, 0.1) is 35.5 Å². The Kier molecular flexibility index (Phi) is 1.50. The highest BCUT2D eigenvalue weighted by Crippen LogP contribution is 2.52. The lowest BCUT2D eigenvalue weighted by Gasteiger charge is -2.17. The minimum absolute atomic E-state index is 0.237. The number of hydrogen-bond donors (Lipinski definition) is 0. The largest absolute Gasteiger partial charge is 0.293 e. The van der Waals surface area contributed by atoms with Gasteiger partial charge in [0.1, 0.15) is 0 Å². The Morgan fingerprint density at radius 1 is 1.36 bits per heavy atom. The van der Waals surface area contributed by atoms with Gasteiger partial charge in [-0.2, -0.15) is 0 Å². The van der Waals surface area contributed by atoms with E-state index >= 15 is 0 Å². The Hall–Kier alpha value is -1.29. The van der Waals surface area contributed by atoms with Gasteiger partial charge in [-0.25, -0.2) is 0 Å². The van der Waals surface area contributed by atoms with E-state index in [1.807, 2.05) is 0 Å². The van der Waals surface area contributed by atoms with Gasteiger partial charge in [-0.05, 0) is 31.1 Å². The van der Waals surface area contributed by atoms with Crippen LogP contribution in [0.1, 0.15) is 13.3 Å². The number of fused-ring (bicyclic) bond motifs is 5. The zero-order valence-corrected chi connectivity index (χ0v) is 8.16. The van der Waals surface area contributed by atoms with Crippen LogP contribution in [0.2, 0.25) is 0 Å². The number of Topliss-reactive ketones (excluding diaryl/α,β-unsaturated/α-hetero) is 1. The third-order valence-electron chi connectivity index (χ3n) is 3.71. The number of carbonyl (C=O) groups excluding carboxylic acids is 1. The molecule has 2 bridgehead atoms. The van der Waals surface area contributed by atoms with Gasteiger partial charge in [-0.3, -0.25) is 4.79 Å². The summed E-state index contributed by atoms with van der Waals surface area (Å²) in [6, 6.07) is 0. The van der Waals surface area contributed by atoms with Gasteiger partial charge in [-0.1, -0.05) is 24.1 Å². The minimum atomic E-state index is 0.237. The smallest absolute Gasteiger partial charge is 0.175 e. The standard InChI is InChI=1S/C13H12O/c1-2-3-10-7-11-8-4-5-9(6-8)12(11)13(10)14/h4-5,7-9,11-12H,6H2,1H3/t8-,9+,11+,12-/m0/s1. The maximum Gasteiger partial charge on any atom is 0.175 e. The summed E-state index contributed by atoms with van der Waals surface area (Å²) < 4.78 is 0. The Morgan fingerprint density at radius 2 is 2.14 bits per heavy atom. The second-order valence-corrected chi connectivity index (χ2v) is 4.37. The molecular weight excluding hydrogens is 172 g/mol. The fraction of sp³-hybridized carbons (Fsp3) is 0.462. The summed E-state index contributed by atoms with van der Waals surface area (Å²) in [7, 11) is 0. The molecule has 0 radical (unpaired) electrons. The van der Waals surface area contributed by atoms with E-state index in [0.717, 1.165) is 5.57 Å². The van der Waals surface area contributed by atoms with Gasteiger partial charge in [0.15, 0.2) is 5.78 Å². The number of allylic oxidation sites excluding steroid dienone is 4. The van der Waals surface area contributed by atoms with Crippen molar-refractivity contribution in [2.24, 2.45) is 23.7 Å². The summed E-state index contributed by atoms with van der Waals surface area (Å²) in [6.07, 6.45) is 7.79. The van der Waals surface area contributed by atoms with Crippen molar-refractivity contribution < 1.29 is 4.79 Å². The lowest BCUT2D eigenvalue weighted by molar-refractivity contribution is -0.119. The lowest BCUT2D eigenvalue weighted by atomic mass is 9.85. The first-order valence-corrected chi connectivity index (χ1v) is 5.18. The van der Waals surface area contributed by atoms with E-state index < -0.39 is 0 Å². The van der Waals surface area contributed by atoms with Crippen LogP contribution in [0.25, 0.3) is 0 Å². The third kappa shape index (κ3) is 0.838. The van der Waals surface area contributed by atoms with E-state index in [0.29, 0.717) is 23.5 Å². The first kappa shape index (κ1) is 8.05. The average molecular weight is 184 g/mol. The highest BCUT2D eigenvalue weighted by Gasteiger charge is 2.50. The molecule has 1 nitrogen and oxygen atoms in total. The summed E-state index contributed by atoms with van der Waals surface area (Å²) in [5, 5.41) is 0. The number of hydrogen-bond acceptors (Lipinski definition) is 1. The van der Waals surface area contributed by atoms with Gasteiger partial charge in [-0.15, -0.1) is 5.92 Å². The van der Waals surface area contributed by atoms with E-state index in [1.165, 1.54) is 6.42 Å². The summed E-state index contributed by atoms with van der Waals surface area (Å²) >= 11 is 0. The molecule has 3 rings (SSSR count). The zero-order valence-electron chi connectivity index (χ0n) is 8.16. The zero-order chi connectivity index (χ0) is 9.71. The topological polar surface area (TPSA) is 17.1 Å². The molecule has 1 fully saturated rings. The lowest BCUT2D eigenvalue weighted by Crippen LogP contribution is -2.20. The van der Waals surface area contributed by atoms with Gasteiger partial charge in [0.2, 0.25) is 0 Å². The molecular formula is C13H12O. The summed E-state index contributed by atoms with van der Waals surface area (Å²) in [5.74, 6) is 7.86. The van der Waals surface area contributed by atoms with Crippen molar-refractivity contribution in [2.45, 2.75) is 13.3 Å². The summed E-state index contributed by atoms with van der Waals surface area (Å²) in [6.45, 7) is 1.79. The Morgan fingerprint density at radius 3 is 2.86 bits per heavy atom. The van der Waals surface area contributed by atoms with E-state index in [-0.39, 0.29) is 5.92 Å². The van der Waals surface area contributed by atoms with Crippen LogP contribution < -0.4 is 0 Å². The summed E-state index contributed by atoms with van der Waals surface area (Å²) in [5.41, 5.74) is 0.765. The van der Waals surface area contributed by atoms with Gasteiger partial charge in [0.25, 0.3) is 0 Å². The molecule has 4 atom stereocenters. The molecule has 70 valence electrons. The first-order chi connectivity index (χ1) is 6.81. The molecule has 1 saturated carbocycles. The highest BCUT2D eigenvalue weighted by atomic mass is 16.1. The van der Waals surface area contributed by atoms with Gasteiger partial charge >= 0.3 is 0 Å². The van der Waals surface area contributed by atoms with Crippen molar-refractivity contribution in [1.29, 1.82) is 0 Å². The van der Waals surface area contributed by atoms with Crippen LogP contribution in [-0.4, -0.2) is 5.78 Å². The predicted molar refractivity (Wildman–Crippen MR) is 54.3 cm³/mol. The Labute approximate surface area is 83.9 Å². The Balaban J connectivity index is 2.00. The molecule has 0 N–H and O–H groups in total. The molecule has 0 aliphatic heterocycles. The second-order valence-electron chi connectivity index (χ2n) is 4.37. The number of rotatable bonds is 0. The molecule has 0 unspecified atom stereocenters. The fourth-order valence-electron chi connectivity index (χ4n) is 3.15. The molecule has 14 heavy (non-hydrogen) atoms. The van der Waals surface area contributed by atoms with Crippen molar-refractivity contribution in [2.75, 3.05) is 0 Å². The predicted octanol–water partition coefficient (Wildman–Crippen LogP) is 1.96. The number of carbonyl (C=O) groups is 1. The van der Waals surface area contributed by atoms with Crippen molar-refractivity contribution in [3.8, 4) is 11.8 Å². The third-order valence-corrected chi connectivity index (χ3v) is 3.71. The maximum absolute atomic E-state index is 12.0. The fourth-order valence-corrected chi connectivity index (χ4v) is 3.15. The van der Waals surface area contributed by atoms with Crippen LogP contribution in [0.3, 0.4) is 0 Å². The van der Waals surface area contributed by atoms with E-state index in [1.54, 1.807) is 6.92 Å². The molecule has 1 heteroatoms. The van der Waals surface area contributed by atoms with Crippen LogP contribution in [0.15, 0.2) is 23.8 Å². The molecule has 0 amide bonds. The van der Waals surface area contributed by atoms with Gasteiger partial charge < -0.3 is 0 Å². The molecule has 0 aromatic rings. The molecule has 3 aliphatic carbocycles. The SMILES string of the molecule is CC#CC1=C[C@H]2[C@@H](C1=O)[C@@H]1C=C[C@H]2C1. The van der Waals surface area contributed by atoms with Crippen molar-refractivity contribution >= 4 is 5.78 Å². The van der Waals surface area contributed by atoms with E-state index in [4.69, 9.17) is 0 Å². The van der Waals surface area contributed by atoms with E-state index in [2.05, 4.69) is 30.1 Å². The van der Waals surface area contributed by atoms with Crippen molar-refractivity contribution in [3.05, 3.63) is 23.8 Å². The van der Waals surface area contributed by atoms with Gasteiger partial charge in [0, 0.05) is 5.92 Å². The monoisotopic (exact) mass is 184 g/mol. The molecule has 0 aromatic carbocycles. The molecule has 0 saturated heterocycles. The normalized spacial score (nSPS) is 42.1. The maximum atomic E-state index is 12.0. The van der Waals surface area contributed by atoms with Crippen molar-refractivity contribution in [3.63, 3.8) is 0 Å². The second kappa shape index (κ2) is 2.60. The van der Waals surface area contributed by atoms with Crippen LogP contribution in [0.4, 0.5) is 0 Å². The van der Waals surface area contributed by atoms with Crippen LogP contribution >= 0.6 is 0 Å². The molecule has 0 heterocycles. The van der Waals surface area contributed by atoms with Crippen LogP contribution in [0.5, 0.6) is 0 Å². The molecule has 0 spiro atoms.